The maximum Gasteiger partial charge on any atom is 0.500 e. The molecule has 1 saturated heterocycles. The minimum atomic E-state index is -2.30. The summed E-state index contributed by atoms with van der Waals surface area (Å²) < 4.78 is 39.2. The number of rotatable bonds is 24. The summed E-state index contributed by atoms with van der Waals surface area (Å²) in [4.78, 5) is 0. The van der Waals surface area contributed by atoms with Gasteiger partial charge < -0.3 is 31.6 Å². The van der Waals surface area contributed by atoms with Crippen LogP contribution in [0.5, 0.6) is 0 Å². The van der Waals surface area contributed by atoms with Crippen molar-refractivity contribution in [2.24, 2.45) is 0 Å². The van der Waals surface area contributed by atoms with Crippen molar-refractivity contribution in [1.82, 2.24) is 0 Å². The molecule has 1 heterocycles. The molecule has 0 aromatic rings. The Labute approximate surface area is 244 Å². The van der Waals surface area contributed by atoms with Gasteiger partial charge in [0.05, 0.1) is 0 Å². The summed E-state index contributed by atoms with van der Waals surface area (Å²) in [6.45, 7) is 4.52. The van der Waals surface area contributed by atoms with E-state index in [1.54, 1.807) is 42.7 Å². The smallest absolute Gasteiger partial charge is 0.397 e. The summed E-state index contributed by atoms with van der Waals surface area (Å²) in [7, 11) is 5.69. The SMILES string of the molecule is CCCCCCCCCC[Si](OC)(OC)OC.CCCCCCCCCC[Si]1(OC)CCCC(OC)(OC)O1. The van der Waals surface area contributed by atoms with Gasteiger partial charge in [-0.1, -0.05) is 110 Å². The summed E-state index contributed by atoms with van der Waals surface area (Å²) in [6.07, 6.45) is 23.1. The number of ether oxygens (including phenoxy) is 2. The molecule has 0 amide bonds. The van der Waals surface area contributed by atoms with Gasteiger partial charge in [-0.05, 0) is 24.9 Å². The average Bonchev–Trinajstić information content (AvgIpc) is 2.98. The van der Waals surface area contributed by atoms with Crippen molar-refractivity contribution in [3.8, 4) is 0 Å². The molecular formula is C30H66O7Si2. The van der Waals surface area contributed by atoms with Gasteiger partial charge in [0.15, 0.2) is 0 Å². The fourth-order valence-electron chi connectivity index (χ4n) is 5.31. The molecule has 39 heavy (non-hydrogen) atoms. The molecule has 0 N–H and O–H groups in total. The molecule has 1 aliphatic heterocycles. The lowest BCUT2D eigenvalue weighted by atomic mass is 10.1. The van der Waals surface area contributed by atoms with Gasteiger partial charge in [0.1, 0.15) is 0 Å². The van der Waals surface area contributed by atoms with Crippen LogP contribution in [0.2, 0.25) is 18.1 Å². The second-order valence-electron chi connectivity index (χ2n) is 10.9. The van der Waals surface area contributed by atoms with Crippen molar-refractivity contribution < 1.29 is 31.6 Å². The third-order valence-corrected chi connectivity index (χ3v) is 14.5. The second-order valence-corrected chi connectivity index (χ2v) is 17.4. The van der Waals surface area contributed by atoms with Gasteiger partial charge in [0.2, 0.25) is 0 Å². The largest absolute Gasteiger partial charge is 0.500 e. The van der Waals surface area contributed by atoms with Gasteiger partial charge >= 0.3 is 17.4 Å². The normalized spacial score (nSPS) is 19.1. The average molecular weight is 595 g/mol. The van der Waals surface area contributed by atoms with Gasteiger partial charge in [-0.25, -0.2) is 0 Å². The molecule has 1 aliphatic rings. The van der Waals surface area contributed by atoms with Crippen LogP contribution in [0.4, 0.5) is 0 Å². The minimum Gasteiger partial charge on any atom is -0.397 e. The van der Waals surface area contributed by atoms with Gasteiger partial charge in [0, 0.05) is 55.1 Å². The van der Waals surface area contributed by atoms with Crippen LogP contribution in [0.1, 0.15) is 129 Å². The number of hydrogen-bond donors (Lipinski definition) is 0. The molecule has 0 saturated carbocycles. The van der Waals surface area contributed by atoms with E-state index < -0.39 is 23.3 Å². The molecule has 1 fully saturated rings. The molecule has 1 unspecified atom stereocenters. The zero-order valence-corrected chi connectivity index (χ0v) is 29.2. The first kappa shape index (κ1) is 39.2. The van der Waals surface area contributed by atoms with Crippen molar-refractivity contribution in [2.75, 3.05) is 42.7 Å². The highest BCUT2D eigenvalue weighted by molar-refractivity contribution is 6.67. The highest BCUT2D eigenvalue weighted by atomic mass is 28.4. The molecule has 0 aromatic carbocycles. The van der Waals surface area contributed by atoms with Crippen molar-refractivity contribution in [3.05, 3.63) is 0 Å². The second kappa shape index (κ2) is 24.7. The summed E-state index contributed by atoms with van der Waals surface area (Å²) in [5.41, 5.74) is 0. The van der Waals surface area contributed by atoms with E-state index in [2.05, 4.69) is 13.8 Å². The first-order valence-electron chi connectivity index (χ1n) is 15.9. The molecule has 7 nitrogen and oxygen atoms in total. The first-order valence-corrected chi connectivity index (χ1v) is 20.1. The van der Waals surface area contributed by atoms with Crippen LogP contribution in [-0.2, 0) is 31.6 Å². The molecule has 0 spiro atoms. The summed E-state index contributed by atoms with van der Waals surface area (Å²) in [5.74, 6) is -0.874. The molecule has 0 aliphatic carbocycles. The molecule has 0 aromatic heterocycles. The molecule has 1 rings (SSSR count). The van der Waals surface area contributed by atoms with E-state index in [0.717, 1.165) is 37.4 Å². The predicted molar refractivity (Wildman–Crippen MR) is 166 cm³/mol. The lowest BCUT2D eigenvalue weighted by molar-refractivity contribution is -0.341. The Balaban J connectivity index is 0.000000768. The molecule has 0 radical (unpaired) electrons. The van der Waals surface area contributed by atoms with Gasteiger partial charge in [-0.2, -0.15) is 0 Å². The van der Waals surface area contributed by atoms with Crippen LogP contribution in [0.3, 0.4) is 0 Å². The maximum absolute atomic E-state index is 6.24. The van der Waals surface area contributed by atoms with Crippen LogP contribution in [0, 0.1) is 0 Å². The van der Waals surface area contributed by atoms with Crippen molar-refractivity contribution >= 4 is 17.4 Å². The van der Waals surface area contributed by atoms with Crippen LogP contribution in [-0.4, -0.2) is 66.0 Å². The van der Waals surface area contributed by atoms with Gasteiger partial charge in [-0.15, -0.1) is 0 Å². The summed E-state index contributed by atoms with van der Waals surface area (Å²) in [5, 5.41) is 0. The number of hydrogen-bond acceptors (Lipinski definition) is 7. The Bertz CT molecular complexity index is 525. The van der Waals surface area contributed by atoms with Crippen LogP contribution in [0.25, 0.3) is 0 Å². The predicted octanol–water partition coefficient (Wildman–Crippen LogP) is 8.98. The highest BCUT2D eigenvalue weighted by Gasteiger charge is 2.49. The molecular weight excluding hydrogens is 528 g/mol. The third-order valence-electron chi connectivity index (χ3n) is 8.06. The van der Waals surface area contributed by atoms with E-state index in [-0.39, 0.29) is 0 Å². The topological polar surface area (TPSA) is 64.6 Å². The van der Waals surface area contributed by atoms with E-state index in [0.29, 0.717) is 0 Å². The van der Waals surface area contributed by atoms with Crippen molar-refractivity contribution in [1.29, 1.82) is 0 Å². The van der Waals surface area contributed by atoms with E-state index in [1.165, 1.54) is 96.3 Å². The Morgan fingerprint density at radius 1 is 0.615 bits per heavy atom. The van der Waals surface area contributed by atoms with Crippen molar-refractivity contribution in [3.63, 3.8) is 0 Å². The summed E-state index contributed by atoms with van der Waals surface area (Å²) >= 11 is 0. The Morgan fingerprint density at radius 2 is 1.05 bits per heavy atom. The molecule has 236 valence electrons. The third kappa shape index (κ3) is 17.0. The summed E-state index contributed by atoms with van der Waals surface area (Å²) in [6, 6.07) is 3.03. The minimum absolute atomic E-state index is 0.787. The van der Waals surface area contributed by atoms with Crippen LogP contribution < -0.4 is 0 Å². The van der Waals surface area contributed by atoms with E-state index in [9.17, 15) is 0 Å². The monoisotopic (exact) mass is 594 g/mol. The highest BCUT2D eigenvalue weighted by Crippen LogP contribution is 2.38. The lowest BCUT2D eigenvalue weighted by Crippen LogP contribution is -2.55. The Kier molecular flexibility index (Phi) is 24.8. The zero-order chi connectivity index (χ0) is 29.3. The molecule has 1 atom stereocenters. The van der Waals surface area contributed by atoms with E-state index in [4.69, 9.17) is 31.6 Å². The van der Waals surface area contributed by atoms with Crippen molar-refractivity contribution in [2.45, 2.75) is 154 Å². The number of unbranched alkanes of at least 4 members (excludes halogenated alkanes) is 14. The lowest BCUT2D eigenvalue weighted by Gasteiger charge is -2.43. The van der Waals surface area contributed by atoms with Crippen LogP contribution in [0.15, 0.2) is 0 Å². The maximum atomic E-state index is 6.24. The zero-order valence-electron chi connectivity index (χ0n) is 27.2. The van der Waals surface area contributed by atoms with Gasteiger partial charge in [-0.3, -0.25) is 0 Å². The van der Waals surface area contributed by atoms with Crippen LogP contribution >= 0.6 is 0 Å². The molecule has 9 heteroatoms. The fourth-order valence-corrected chi connectivity index (χ4v) is 10.4. The van der Waals surface area contributed by atoms with E-state index >= 15 is 0 Å². The molecule has 0 bridgehead atoms. The Morgan fingerprint density at radius 3 is 1.46 bits per heavy atom. The van der Waals surface area contributed by atoms with E-state index in [1.807, 2.05) is 0 Å². The Hall–Kier alpha value is 0.154. The standard InChI is InChI=1S/C17H36O4Si.C13H30O3Si/c1-5-6-7-8-9-10-11-12-15-22(20-4)16-13-14-17(18-2,19-3)21-22;1-5-6-7-8-9-10-11-12-13-17(14-2,15-3)16-4/h5-16H2,1-4H3;5-13H2,1-4H3. The fraction of sp³-hybridized carbons (Fsp3) is 1.00. The van der Waals surface area contributed by atoms with Gasteiger partial charge in [0.25, 0.3) is 5.97 Å². The number of methoxy groups -OCH3 is 2. The quantitative estimate of drug-likeness (QED) is 0.0627. The first-order chi connectivity index (χ1) is 18.9.